The third kappa shape index (κ3) is 5.84. The lowest BCUT2D eigenvalue weighted by molar-refractivity contribution is -0.149. The predicted octanol–water partition coefficient (Wildman–Crippen LogP) is 5.89. The van der Waals surface area contributed by atoms with Crippen molar-refractivity contribution in [3.63, 3.8) is 0 Å². The zero-order valence-corrected chi connectivity index (χ0v) is 29.4. The van der Waals surface area contributed by atoms with Crippen LogP contribution in [0.3, 0.4) is 0 Å². The fourth-order valence-electron chi connectivity index (χ4n) is 8.31. The molecule has 3 aliphatic rings. The highest BCUT2D eigenvalue weighted by Crippen LogP contribution is 2.66. The minimum Gasteiger partial charge on any atom is -0.494 e. The molecule has 1 N–H and O–H groups in total. The van der Waals surface area contributed by atoms with Gasteiger partial charge in [-0.2, -0.15) is 0 Å². The number of ether oxygens (including phenoxy) is 2. The molecular formula is C38H48ClN3O6. The van der Waals surface area contributed by atoms with Gasteiger partial charge in [0.25, 0.3) is 5.91 Å². The summed E-state index contributed by atoms with van der Waals surface area (Å²) in [6.45, 7) is 18.1. The molecule has 3 saturated heterocycles. The zero-order chi connectivity index (χ0) is 35.0. The van der Waals surface area contributed by atoms with E-state index in [9.17, 15) is 14.7 Å². The highest BCUT2D eigenvalue weighted by Gasteiger charge is 2.80. The Balaban J connectivity index is 1.65. The van der Waals surface area contributed by atoms with Crippen LogP contribution in [0.25, 0.3) is 0 Å². The zero-order valence-electron chi connectivity index (χ0n) is 28.6. The molecule has 3 amide bonds. The first-order chi connectivity index (χ1) is 22.9. The smallest absolute Gasteiger partial charge is 0.253 e. The average Bonchev–Trinajstić information content (AvgIpc) is 3.58. The van der Waals surface area contributed by atoms with Gasteiger partial charge >= 0.3 is 0 Å². The molecule has 3 fully saturated rings. The van der Waals surface area contributed by atoms with Gasteiger partial charge in [-0.1, -0.05) is 56.7 Å². The lowest BCUT2D eigenvalue weighted by Crippen LogP contribution is -2.59. The Morgan fingerprint density at radius 1 is 1.10 bits per heavy atom. The molecule has 2 bridgehead atoms. The molecule has 48 heavy (non-hydrogen) atoms. The topological polar surface area (TPSA) is 99.6 Å². The van der Waals surface area contributed by atoms with Crippen LogP contribution in [0.2, 0.25) is 5.02 Å². The first-order valence-electron chi connectivity index (χ1n) is 16.8. The summed E-state index contributed by atoms with van der Waals surface area (Å²) in [4.78, 5) is 49.6. The van der Waals surface area contributed by atoms with Crippen LogP contribution in [0.1, 0.15) is 47.5 Å². The maximum absolute atomic E-state index is 15.0. The number of benzene rings is 2. The van der Waals surface area contributed by atoms with E-state index in [1.807, 2.05) is 58.9 Å². The number of likely N-dealkylation sites (tertiary alicyclic amines) is 1. The van der Waals surface area contributed by atoms with Crippen molar-refractivity contribution in [1.29, 1.82) is 0 Å². The summed E-state index contributed by atoms with van der Waals surface area (Å²) in [7, 11) is 0. The van der Waals surface area contributed by atoms with E-state index in [0.717, 1.165) is 0 Å². The van der Waals surface area contributed by atoms with Gasteiger partial charge in [0.2, 0.25) is 11.8 Å². The standard InChI is InChI=1S/C38H48ClN3O6/c1-8-19-40(26-15-17-28(18-16-26)47-10-3)34(44)31-32-35(45)42(27(23-43)21-24(4)5)33(38(32)22-25(6)37(31,7)48-38)36(46)41(20-9-2)30-14-12-11-13-29(30)39/h8-9,11-18,24-25,27,31-33,43H,1-2,10,19-23H2,3-7H3/t25?,27-,31-,32+,33?,37+,38?/m1/s1. The van der Waals surface area contributed by atoms with Crippen molar-refractivity contribution in [2.24, 2.45) is 23.7 Å². The van der Waals surface area contributed by atoms with Crippen LogP contribution < -0.4 is 14.5 Å². The van der Waals surface area contributed by atoms with Crippen LogP contribution in [0.4, 0.5) is 11.4 Å². The molecule has 2 aromatic rings. The molecule has 0 radical (unpaired) electrons. The number of hydrogen-bond donors (Lipinski definition) is 1. The van der Waals surface area contributed by atoms with Crippen LogP contribution in [0, 0.1) is 23.7 Å². The lowest BCUT2D eigenvalue weighted by Gasteiger charge is -2.40. The normalized spacial score (nSPS) is 27.9. The van der Waals surface area contributed by atoms with E-state index in [1.54, 1.807) is 41.3 Å². The fourth-order valence-corrected chi connectivity index (χ4v) is 8.55. The number of aliphatic hydroxyl groups is 1. The predicted molar refractivity (Wildman–Crippen MR) is 188 cm³/mol. The van der Waals surface area contributed by atoms with Crippen LogP contribution in [0.15, 0.2) is 73.8 Å². The molecule has 3 heterocycles. The summed E-state index contributed by atoms with van der Waals surface area (Å²) in [5.74, 6) is -2.24. The summed E-state index contributed by atoms with van der Waals surface area (Å²) < 4.78 is 12.6. The van der Waals surface area contributed by atoms with Gasteiger partial charge < -0.3 is 29.3 Å². The molecule has 1 spiro atoms. The van der Waals surface area contributed by atoms with Crippen LogP contribution >= 0.6 is 11.6 Å². The van der Waals surface area contributed by atoms with Gasteiger partial charge in [0, 0.05) is 18.8 Å². The molecule has 5 rings (SSSR count). The molecular weight excluding hydrogens is 630 g/mol. The van der Waals surface area contributed by atoms with Crippen molar-refractivity contribution in [2.45, 2.75) is 70.7 Å². The van der Waals surface area contributed by atoms with Crippen molar-refractivity contribution in [3.8, 4) is 5.75 Å². The highest BCUT2D eigenvalue weighted by atomic mass is 35.5. The number of amides is 3. The molecule has 3 aliphatic heterocycles. The molecule has 3 unspecified atom stereocenters. The molecule has 258 valence electrons. The second kappa shape index (κ2) is 14.1. The number of carbonyl (C=O) groups is 3. The van der Waals surface area contributed by atoms with Gasteiger partial charge in [0.15, 0.2) is 0 Å². The summed E-state index contributed by atoms with van der Waals surface area (Å²) in [5.41, 5.74) is -1.23. The third-order valence-corrected chi connectivity index (χ3v) is 10.7. The Labute approximate surface area is 289 Å². The van der Waals surface area contributed by atoms with Crippen molar-refractivity contribution in [2.75, 3.05) is 36.1 Å². The van der Waals surface area contributed by atoms with Gasteiger partial charge in [-0.15, -0.1) is 13.2 Å². The number of anilines is 2. The van der Waals surface area contributed by atoms with E-state index < -0.39 is 35.1 Å². The van der Waals surface area contributed by atoms with Gasteiger partial charge in [-0.3, -0.25) is 14.4 Å². The second-order valence-electron chi connectivity index (χ2n) is 13.8. The molecule has 2 aromatic carbocycles. The number of rotatable bonds is 14. The Morgan fingerprint density at radius 2 is 1.75 bits per heavy atom. The van der Waals surface area contributed by atoms with Gasteiger partial charge in [-0.25, -0.2) is 0 Å². The molecule has 10 heteroatoms. The van der Waals surface area contributed by atoms with Crippen LogP contribution in [-0.2, 0) is 19.1 Å². The van der Waals surface area contributed by atoms with Gasteiger partial charge in [-0.05, 0) is 74.9 Å². The van der Waals surface area contributed by atoms with E-state index in [4.69, 9.17) is 21.1 Å². The molecule has 0 aliphatic carbocycles. The number of hydrogen-bond acceptors (Lipinski definition) is 6. The monoisotopic (exact) mass is 677 g/mol. The molecule has 9 nitrogen and oxygen atoms in total. The Morgan fingerprint density at radius 3 is 2.33 bits per heavy atom. The fraction of sp³-hybridized carbons (Fsp3) is 0.500. The number of nitrogens with zero attached hydrogens (tertiary/aromatic N) is 3. The summed E-state index contributed by atoms with van der Waals surface area (Å²) in [6.07, 6.45) is 4.12. The Bertz CT molecular complexity index is 1550. The van der Waals surface area contributed by atoms with Crippen molar-refractivity contribution in [1.82, 2.24) is 4.90 Å². The maximum Gasteiger partial charge on any atom is 0.253 e. The first kappa shape index (κ1) is 35.6. The van der Waals surface area contributed by atoms with E-state index in [2.05, 4.69) is 13.2 Å². The van der Waals surface area contributed by atoms with E-state index in [0.29, 0.717) is 41.6 Å². The number of para-hydroxylation sites is 1. The van der Waals surface area contributed by atoms with Crippen LogP contribution in [-0.4, -0.2) is 77.3 Å². The Kier molecular flexibility index (Phi) is 10.4. The molecule has 0 aromatic heterocycles. The lowest BCUT2D eigenvalue weighted by atomic mass is 9.62. The maximum atomic E-state index is 15.0. The SMILES string of the molecule is C=CCN(C(=O)[C@H]1[C@H]2C(=O)N([C@@H](CO)CC(C)C)C(C(=O)N(CC=C)c3ccccc3Cl)C23CC(C)[C@]1(C)O3)c1ccc(OCC)cc1. The van der Waals surface area contributed by atoms with Crippen molar-refractivity contribution in [3.05, 3.63) is 78.9 Å². The second-order valence-corrected chi connectivity index (χ2v) is 14.2. The highest BCUT2D eigenvalue weighted by molar-refractivity contribution is 6.34. The number of aliphatic hydroxyl groups excluding tert-OH is 1. The molecule has 7 atom stereocenters. The minimum atomic E-state index is -1.31. The molecule has 0 saturated carbocycles. The van der Waals surface area contributed by atoms with E-state index >= 15 is 4.79 Å². The average molecular weight is 678 g/mol. The number of fused-ring (bicyclic) bond motifs is 1. The third-order valence-electron chi connectivity index (χ3n) is 10.4. The first-order valence-corrected chi connectivity index (χ1v) is 17.2. The van der Waals surface area contributed by atoms with Gasteiger partial charge in [0.1, 0.15) is 17.4 Å². The largest absolute Gasteiger partial charge is 0.494 e. The van der Waals surface area contributed by atoms with Crippen molar-refractivity contribution < 1.29 is 29.0 Å². The number of halogens is 1. The van der Waals surface area contributed by atoms with Gasteiger partial charge in [0.05, 0.1) is 47.4 Å². The summed E-state index contributed by atoms with van der Waals surface area (Å²) in [5, 5.41) is 11.1. The number of carbonyl (C=O) groups excluding carboxylic acids is 3. The van der Waals surface area contributed by atoms with E-state index in [1.165, 1.54) is 9.80 Å². The summed E-state index contributed by atoms with van der Waals surface area (Å²) >= 11 is 6.63. The van der Waals surface area contributed by atoms with E-state index in [-0.39, 0.29) is 49.3 Å². The Hall–Kier alpha value is -3.66. The minimum absolute atomic E-state index is 0.116. The van der Waals surface area contributed by atoms with Crippen LogP contribution in [0.5, 0.6) is 5.75 Å². The quantitative estimate of drug-likeness (QED) is 0.250. The summed E-state index contributed by atoms with van der Waals surface area (Å²) in [6, 6.07) is 12.5. The van der Waals surface area contributed by atoms with Crippen molar-refractivity contribution >= 4 is 40.7 Å².